The molecule has 1 aliphatic rings. The zero-order valence-electron chi connectivity index (χ0n) is 17.5. The molecule has 0 spiro atoms. The highest BCUT2D eigenvalue weighted by atomic mass is 16.5. The second-order valence-corrected chi connectivity index (χ2v) is 7.71. The summed E-state index contributed by atoms with van der Waals surface area (Å²) in [5.74, 6) is 0.522. The van der Waals surface area contributed by atoms with E-state index in [1.165, 1.54) is 0 Å². The predicted octanol–water partition coefficient (Wildman–Crippen LogP) is 3.51. The quantitative estimate of drug-likeness (QED) is 0.471. The van der Waals surface area contributed by atoms with Gasteiger partial charge in [0.15, 0.2) is 0 Å². The van der Waals surface area contributed by atoms with Gasteiger partial charge in [0.1, 0.15) is 5.82 Å². The Bertz CT molecular complexity index is 1270. The van der Waals surface area contributed by atoms with Crippen molar-refractivity contribution < 1.29 is 4.74 Å². The highest BCUT2D eigenvalue weighted by molar-refractivity contribution is 5.95. The first-order valence-electron chi connectivity index (χ1n) is 10.3. The van der Waals surface area contributed by atoms with E-state index < -0.39 is 0 Å². The fourth-order valence-electron chi connectivity index (χ4n) is 4.07. The molecule has 0 amide bonds. The van der Waals surface area contributed by atoms with E-state index in [0.29, 0.717) is 11.2 Å². The predicted molar refractivity (Wildman–Crippen MR) is 122 cm³/mol. The molecule has 0 radical (unpaired) electrons. The molecule has 1 fully saturated rings. The number of hydrogen-bond donors (Lipinski definition) is 3. The van der Waals surface area contributed by atoms with E-state index in [-0.39, 0.29) is 5.56 Å². The molecule has 31 heavy (non-hydrogen) atoms. The Morgan fingerprint density at radius 2 is 1.87 bits per heavy atom. The van der Waals surface area contributed by atoms with E-state index in [9.17, 15) is 4.79 Å². The van der Waals surface area contributed by atoms with Gasteiger partial charge < -0.3 is 19.9 Å². The van der Waals surface area contributed by atoms with E-state index in [4.69, 9.17) is 9.72 Å². The van der Waals surface area contributed by atoms with Crippen LogP contribution in [0.3, 0.4) is 0 Å². The summed E-state index contributed by atoms with van der Waals surface area (Å²) in [5, 5.41) is 12.0. The van der Waals surface area contributed by atoms with Crippen LogP contribution in [-0.4, -0.2) is 46.5 Å². The van der Waals surface area contributed by atoms with E-state index in [2.05, 4.69) is 37.5 Å². The summed E-state index contributed by atoms with van der Waals surface area (Å²) in [6.45, 7) is 7.19. The molecule has 3 aromatic heterocycles. The van der Waals surface area contributed by atoms with E-state index in [0.717, 1.165) is 65.7 Å². The summed E-state index contributed by atoms with van der Waals surface area (Å²) in [4.78, 5) is 22.5. The number of H-pyrrole nitrogens is 2. The van der Waals surface area contributed by atoms with Gasteiger partial charge in [0, 0.05) is 41.9 Å². The van der Waals surface area contributed by atoms with Gasteiger partial charge in [-0.05, 0) is 55.6 Å². The van der Waals surface area contributed by atoms with Gasteiger partial charge in [-0.25, -0.2) is 4.98 Å². The molecule has 0 aliphatic carbocycles. The number of fused-ring (bicyclic) bond motifs is 1. The minimum Gasteiger partial charge on any atom is -0.378 e. The fraction of sp³-hybridized carbons (Fsp3) is 0.261. The van der Waals surface area contributed by atoms with Crippen LogP contribution in [0.2, 0.25) is 0 Å². The summed E-state index contributed by atoms with van der Waals surface area (Å²) >= 11 is 0. The van der Waals surface area contributed by atoms with E-state index in [1.54, 1.807) is 6.20 Å². The number of aromatic amines is 2. The number of ether oxygens (including phenoxy) is 1. The minimum absolute atomic E-state index is 0.176. The summed E-state index contributed by atoms with van der Waals surface area (Å²) in [6.07, 6.45) is 1.66. The third-order valence-electron chi connectivity index (χ3n) is 5.64. The molecule has 158 valence electrons. The maximum Gasteiger partial charge on any atom is 0.259 e. The van der Waals surface area contributed by atoms with Crippen LogP contribution in [0.1, 0.15) is 11.4 Å². The Morgan fingerprint density at radius 3 is 2.58 bits per heavy atom. The van der Waals surface area contributed by atoms with Gasteiger partial charge in [-0.2, -0.15) is 5.10 Å². The molecular weight excluding hydrogens is 392 g/mol. The van der Waals surface area contributed by atoms with Gasteiger partial charge in [-0.1, -0.05) is 0 Å². The standard InChI is InChI=1S/C23H24N6O2/c1-14-20(15(2)28-27-14)19-13-16-7-8-24-23(30)21(16)22(26-19)25-17-3-5-18(6-4-17)29-9-11-31-12-10-29/h3-8,13H,9-12H2,1-2H3,(H,24,30)(H,25,26)(H,27,28). The molecule has 0 bridgehead atoms. The number of nitrogens with one attached hydrogen (secondary N) is 3. The number of anilines is 3. The summed E-state index contributed by atoms with van der Waals surface area (Å²) < 4.78 is 5.43. The molecule has 4 aromatic rings. The zero-order valence-corrected chi connectivity index (χ0v) is 17.5. The zero-order chi connectivity index (χ0) is 21.4. The molecule has 5 rings (SSSR count). The Morgan fingerprint density at radius 1 is 1.10 bits per heavy atom. The van der Waals surface area contributed by atoms with Gasteiger partial charge in [-0.3, -0.25) is 9.89 Å². The summed E-state index contributed by atoms with van der Waals surface area (Å²) in [6, 6.07) is 12.0. The molecule has 8 nitrogen and oxygen atoms in total. The van der Waals surface area contributed by atoms with Gasteiger partial charge >= 0.3 is 0 Å². The van der Waals surface area contributed by atoms with E-state index >= 15 is 0 Å². The molecule has 1 aromatic carbocycles. The molecule has 1 saturated heterocycles. The highest BCUT2D eigenvalue weighted by Crippen LogP contribution is 2.31. The van der Waals surface area contributed by atoms with Crippen LogP contribution < -0.4 is 15.8 Å². The lowest BCUT2D eigenvalue weighted by Crippen LogP contribution is -2.36. The Hall–Kier alpha value is -3.65. The van der Waals surface area contributed by atoms with Crippen LogP contribution in [0, 0.1) is 13.8 Å². The van der Waals surface area contributed by atoms with Crippen molar-refractivity contribution in [1.29, 1.82) is 0 Å². The molecule has 3 N–H and O–H groups in total. The van der Waals surface area contributed by atoms with Crippen LogP contribution in [0.15, 0.2) is 47.4 Å². The number of hydrogen-bond acceptors (Lipinski definition) is 6. The van der Waals surface area contributed by atoms with Crippen LogP contribution in [0.25, 0.3) is 22.0 Å². The summed E-state index contributed by atoms with van der Waals surface area (Å²) in [7, 11) is 0. The fourth-order valence-corrected chi connectivity index (χ4v) is 4.07. The lowest BCUT2D eigenvalue weighted by atomic mass is 10.1. The third-order valence-corrected chi connectivity index (χ3v) is 5.64. The lowest BCUT2D eigenvalue weighted by Gasteiger charge is -2.28. The Kier molecular flexibility index (Phi) is 4.91. The first kappa shape index (κ1) is 19.3. The number of pyridine rings is 2. The number of benzene rings is 1. The average Bonchev–Trinajstić information content (AvgIpc) is 3.12. The first-order chi connectivity index (χ1) is 15.1. The van der Waals surface area contributed by atoms with Crippen LogP contribution in [-0.2, 0) is 4.74 Å². The number of aryl methyl sites for hydroxylation is 2. The number of morpholine rings is 1. The van der Waals surface area contributed by atoms with Crippen molar-refractivity contribution >= 4 is 28.0 Å². The van der Waals surface area contributed by atoms with Crippen LogP contribution in [0.4, 0.5) is 17.2 Å². The highest BCUT2D eigenvalue weighted by Gasteiger charge is 2.16. The van der Waals surface area contributed by atoms with Crippen LogP contribution >= 0.6 is 0 Å². The molecule has 8 heteroatoms. The normalized spacial score (nSPS) is 14.2. The monoisotopic (exact) mass is 416 g/mol. The van der Waals surface area contributed by atoms with Gasteiger partial charge in [0.05, 0.1) is 30.0 Å². The molecule has 0 unspecified atom stereocenters. The minimum atomic E-state index is -0.176. The number of nitrogens with zero attached hydrogens (tertiary/aromatic N) is 3. The van der Waals surface area contributed by atoms with Crippen molar-refractivity contribution in [3.63, 3.8) is 0 Å². The number of rotatable bonds is 4. The second kappa shape index (κ2) is 7.88. The smallest absolute Gasteiger partial charge is 0.259 e. The molecule has 1 aliphatic heterocycles. The molecule has 0 atom stereocenters. The maximum atomic E-state index is 12.6. The second-order valence-electron chi connectivity index (χ2n) is 7.71. The van der Waals surface area contributed by atoms with Gasteiger partial charge in [0.25, 0.3) is 5.56 Å². The van der Waals surface area contributed by atoms with E-state index in [1.807, 2.05) is 38.1 Å². The van der Waals surface area contributed by atoms with Gasteiger partial charge in [0.2, 0.25) is 0 Å². The first-order valence-corrected chi connectivity index (χ1v) is 10.3. The molecular formula is C23H24N6O2. The Labute approximate surface area is 179 Å². The average molecular weight is 416 g/mol. The van der Waals surface area contributed by atoms with Crippen molar-refractivity contribution in [1.82, 2.24) is 20.2 Å². The van der Waals surface area contributed by atoms with Crippen molar-refractivity contribution in [2.75, 3.05) is 36.5 Å². The van der Waals surface area contributed by atoms with Gasteiger partial charge in [-0.15, -0.1) is 0 Å². The molecule has 4 heterocycles. The maximum absolute atomic E-state index is 12.6. The topological polar surface area (TPSA) is 98.9 Å². The summed E-state index contributed by atoms with van der Waals surface area (Å²) in [5.41, 5.74) is 5.38. The van der Waals surface area contributed by atoms with Crippen molar-refractivity contribution in [3.05, 3.63) is 64.3 Å². The SMILES string of the molecule is Cc1n[nH]c(C)c1-c1cc2cc[nH]c(=O)c2c(Nc2ccc(N3CCOCC3)cc2)n1. The van der Waals surface area contributed by atoms with Crippen molar-refractivity contribution in [3.8, 4) is 11.3 Å². The number of aromatic nitrogens is 4. The largest absolute Gasteiger partial charge is 0.378 e. The Balaban J connectivity index is 1.55. The third kappa shape index (κ3) is 3.66. The van der Waals surface area contributed by atoms with Crippen LogP contribution in [0.5, 0.6) is 0 Å². The van der Waals surface area contributed by atoms with Crippen molar-refractivity contribution in [2.45, 2.75) is 13.8 Å². The van der Waals surface area contributed by atoms with Crippen molar-refractivity contribution in [2.24, 2.45) is 0 Å². The molecule has 0 saturated carbocycles. The lowest BCUT2D eigenvalue weighted by molar-refractivity contribution is 0.122.